The van der Waals surface area contributed by atoms with E-state index in [1.807, 2.05) is 2.71 Å². The number of ether oxygens (including phenoxy) is 1. The molecule has 2 N–H and O–H groups in total. The van der Waals surface area contributed by atoms with Crippen molar-refractivity contribution in [3.05, 3.63) is 52.4 Å². The summed E-state index contributed by atoms with van der Waals surface area (Å²) < 4.78 is 45.4. The maximum absolute atomic E-state index is 12.6. The number of nitrogens with two attached hydrogens (primary N) is 1. The van der Waals surface area contributed by atoms with Crippen LogP contribution in [-0.4, -0.2) is 52.4 Å². The molecule has 1 aliphatic rings. The monoisotopic (exact) mass is 574 g/mol. The van der Waals surface area contributed by atoms with Crippen LogP contribution in [-0.2, 0) is 6.18 Å². The van der Waals surface area contributed by atoms with E-state index in [-0.39, 0.29) is 12.4 Å². The first-order chi connectivity index (χ1) is 12.7. The van der Waals surface area contributed by atoms with Gasteiger partial charge in [-0.3, -0.25) is 0 Å². The molecule has 144 valence electrons. The normalized spacial score (nSPS) is 17.2. The van der Waals surface area contributed by atoms with Gasteiger partial charge in [0.25, 0.3) is 0 Å². The third kappa shape index (κ3) is 5.74. The molecule has 0 radical (unpaired) electrons. The number of aromatic nitrogens is 1. The summed E-state index contributed by atoms with van der Waals surface area (Å²) in [7, 11) is 0. The van der Waals surface area contributed by atoms with Gasteiger partial charge in [-0.2, -0.15) is 0 Å². The number of pyridine rings is 1. The Morgan fingerprint density at radius 1 is 1.48 bits per heavy atom. The molecule has 0 aromatic carbocycles. The van der Waals surface area contributed by atoms with Crippen LogP contribution in [0.5, 0.6) is 5.88 Å². The Balaban J connectivity index is 2.09. The standard InChI is InChI=1S/C17H20F3N4O2.Tl/c1-2-14(26-15-5-4-12(10-22-15)17(18,19)20)8-13(9-21)23-11-16(24-25)6-3-7-16;/h2,4-5,8,10H,3,6-7,9,11,21H2,1H3;/q-1;+1/b13-8+,14-2+;. The number of rotatable bonds is 8. The Kier molecular flexibility index (Phi) is 7.37. The van der Waals surface area contributed by atoms with Crippen LogP contribution in [0.15, 0.2) is 47.1 Å². The van der Waals surface area contributed by atoms with Crippen LogP contribution >= 0.6 is 0 Å². The zero-order valence-electron chi connectivity index (χ0n) is 14.9. The van der Waals surface area contributed by atoms with Gasteiger partial charge in [-0.1, -0.05) is 0 Å². The minimum absolute atomic E-state index is 0.0519. The molecule has 1 aromatic rings. The fraction of sp³-hybridized carbons (Fsp3) is 0.471. The Morgan fingerprint density at radius 2 is 2.19 bits per heavy atom. The molecule has 10 heteroatoms. The first-order valence-corrected chi connectivity index (χ1v) is 10.4. The molecular formula is C17H20F3N4O2Tl. The molecule has 0 amide bonds. The summed E-state index contributed by atoms with van der Waals surface area (Å²) in [6, 6.07) is 2.09. The predicted octanol–water partition coefficient (Wildman–Crippen LogP) is 3.30. The number of allylic oxidation sites excluding steroid dienone is 2. The number of nitrogens with zero attached hydrogens (tertiary/aromatic N) is 3. The quantitative estimate of drug-likeness (QED) is 0.224. The molecule has 0 saturated heterocycles. The molecule has 1 aromatic heterocycles. The van der Waals surface area contributed by atoms with Crippen molar-refractivity contribution < 1.29 is 17.9 Å². The average molecular weight is 574 g/mol. The van der Waals surface area contributed by atoms with Gasteiger partial charge < -0.3 is 0 Å². The predicted molar refractivity (Wildman–Crippen MR) is 95.6 cm³/mol. The molecule has 2 rings (SSSR count). The van der Waals surface area contributed by atoms with Crippen molar-refractivity contribution in [2.75, 3.05) is 13.1 Å². The van der Waals surface area contributed by atoms with E-state index in [4.69, 9.17) is 10.5 Å². The molecule has 0 aliphatic heterocycles. The van der Waals surface area contributed by atoms with Crippen LogP contribution in [0.1, 0.15) is 31.7 Å². The third-order valence-corrected chi connectivity index (χ3v) is 6.40. The van der Waals surface area contributed by atoms with E-state index < -0.39 is 17.3 Å². The molecule has 1 saturated carbocycles. The zero-order valence-corrected chi connectivity index (χ0v) is 19.4. The van der Waals surface area contributed by atoms with Gasteiger partial charge in [-0.05, 0) is 0 Å². The van der Waals surface area contributed by atoms with E-state index in [2.05, 4.69) is 10.2 Å². The SMILES string of the molecule is C/C=C(\C=C(/CN)[N]([Tl])CC1(N=O)CCC1)Oc1ccc(C(F)(F)F)cn1. The molecule has 0 spiro atoms. The van der Waals surface area contributed by atoms with Crippen molar-refractivity contribution in [3.63, 3.8) is 0 Å². The summed E-state index contributed by atoms with van der Waals surface area (Å²) in [4.78, 5) is 14.8. The number of halogens is 3. The Labute approximate surface area is 171 Å². The van der Waals surface area contributed by atoms with Crippen molar-refractivity contribution in [2.24, 2.45) is 10.9 Å². The van der Waals surface area contributed by atoms with E-state index in [9.17, 15) is 18.1 Å². The van der Waals surface area contributed by atoms with E-state index >= 15 is 0 Å². The van der Waals surface area contributed by atoms with Gasteiger partial charge in [-0.25, -0.2) is 0 Å². The van der Waals surface area contributed by atoms with Crippen LogP contribution in [0.4, 0.5) is 13.2 Å². The van der Waals surface area contributed by atoms with Crippen LogP contribution in [0.3, 0.4) is 0 Å². The van der Waals surface area contributed by atoms with Crippen LogP contribution in [0.25, 0.3) is 0 Å². The van der Waals surface area contributed by atoms with Crippen LogP contribution < -0.4 is 10.5 Å². The maximum atomic E-state index is 12.6. The summed E-state index contributed by atoms with van der Waals surface area (Å²) in [5, 5.41) is 3.30. The van der Waals surface area contributed by atoms with Crippen LogP contribution in [0.2, 0.25) is 0 Å². The second-order valence-electron chi connectivity index (χ2n) is 6.31. The number of alkyl halides is 3. The zero-order chi connectivity index (χ0) is 20.1. The molecule has 0 unspecified atom stereocenters. The van der Waals surface area contributed by atoms with Crippen molar-refractivity contribution >= 4 is 26.1 Å². The molecule has 1 fully saturated rings. The fourth-order valence-electron chi connectivity index (χ4n) is 2.61. The Bertz CT molecular complexity index is 716. The summed E-state index contributed by atoms with van der Waals surface area (Å²) in [6.07, 6.45) is 2.22. The van der Waals surface area contributed by atoms with Crippen LogP contribution in [0, 0.1) is 4.91 Å². The molecule has 1 heterocycles. The molecule has 27 heavy (non-hydrogen) atoms. The van der Waals surface area contributed by atoms with Crippen molar-refractivity contribution in [1.82, 2.24) is 7.69 Å². The van der Waals surface area contributed by atoms with Crippen molar-refractivity contribution in [3.8, 4) is 5.88 Å². The molecule has 0 atom stereocenters. The summed E-state index contributed by atoms with van der Waals surface area (Å²) >= 11 is 0.409. The van der Waals surface area contributed by atoms with E-state index in [0.717, 1.165) is 37.2 Å². The first kappa shape index (κ1) is 21.8. The molecule has 1 aliphatic carbocycles. The molecular weight excluding hydrogens is 554 g/mol. The van der Waals surface area contributed by atoms with Gasteiger partial charge in [0.15, 0.2) is 0 Å². The topological polar surface area (TPSA) is 80.8 Å². The third-order valence-electron chi connectivity index (χ3n) is 4.40. The van der Waals surface area contributed by atoms with Gasteiger partial charge in [0.1, 0.15) is 0 Å². The van der Waals surface area contributed by atoms with Crippen molar-refractivity contribution in [2.45, 2.75) is 37.9 Å². The first-order valence-electron chi connectivity index (χ1n) is 8.38. The summed E-state index contributed by atoms with van der Waals surface area (Å²) in [5.41, 5.74) is 5.26. The van der Waals surface area contributed by atoms with Gasteiger partial charge >= 0.3 is 172 Å². The summed E-state index contributed by atoms with van der Waals surface area (Å²) in [6.45, 7) is 2.51. The number of hydrogen-bond donors (Lipinski definition) is 1. The number of nitroso groups, excluding NO2 is 1. The van der Waals surface area contributed by atoms with E-state index in [1.165, 1.54) is 6.07 Å². The Hall–Kier alpha value is -1.50. The summed E-state index contributed by atoms with van der Waals surface area (Å²) in [5.74, 6) is 0.464. The van der Waals surface area contributed by atoms with E-state index in [1.54, 1.807) is 19.1 Å². The van der Waals surface area contributed by atoms with Gasteiger partial charge in [0, 0.05) is 0 Å². The van der Waals surface area contributed by atoms with Crippen molar-refractivity contribution in [1.29, 1.82) is 0 Å². The second-order valence-corrected chi connectivity index (χ2v) is 8.74. The van der Waals surface area contributed by atoms with Gasteiger partial charge in [0.2, 0.25) is 0 Å². The fourth-order valence-corrected chi connectivity index (χ4v) is 4.63. The van der Waals surface area contributed by atoms with Gasteiger partial charge in [-0.15, -0.1) is 0 Å². The molecule has 6 nitrogen and oxygen atoms in total. The minimum atomic E-state index is -4.44. The Morgan fingerprint density at radius 3 is 2.59 bits per heavy atom. The molecule has 0 bridgehead atoms. The van der Waals surface area contributed by atoms with Gasteiger partial charge in [0.05, 0.1) is 0 Å². The average Bonchev–Trinajstić information content (AvgIpc) is 2.61. The van der Waals surface area contributed by atoms with E-state index in [0.29, 0.717) is 38.4 Å². The second kappa shape index (κ2) is 9.13. The number of hydrogen-bond acceptors (Lipinski definition) is 6.